The lowest BCUT2D eigenvalue weighted by Gasteiger charge is -2.47. The minimum Gasteiger partial charge on any atom is -0.361 e. The molecule has 2 unspecified atom stereocenters. The maximum Gasteiger partial charge on any atom is 0.267 e. The highest BCUT2D eigenvalue weighted by Crippen LogP contribution is 2.45. The molecule has 2 heterocycles. The van der Waals surface area contributed by atoms with Crippen molar-refractivity contribution in [2.24, 2.45) is 5.92 Å². The number of hydrogen-bond acceptors (Lipinski definition) is 4. The number of hydrogen-bond donors (Lipinski definition) is 1. The number of fused-ring (bicyclic) bond motifs is 2. The fourth-order valence-electron chi connectivity index (χ4n) is 4.92. The van der Waals surface area contributed by atoms with E-state index in [0.717, 1.165) is 18.4 Å². The lowest BCUT2D eigenvalue weighted by molar-refractivity contribution is -0.136. The van der Waals surface area contributed by atoms with E-state index < -0.39 is 10.1 Å². The molecule has 0 spiro atoms. The molecule has 1 aromatic heterocycles. The third-order valence-electron chi connectivity index (χ3n) is 5.92. The molecule has 6 nitrogen and oxygen atoms in total. The van der Waals surface area contributed by atoms with Crippen molar-refractivity contribution in [3.05, 3.63) is 35.5 Å². The van der Waals surface area contributed by atoms with Crippen LogP contribution in [0.5, 0.6) is 0 Å². The first kappa shape index (κ1) is 18.5. The molecule has 1 fully saturated rings. The predicted octanol–water partition coefficient (Wildman–Crippen LogP) is 2.80. The van der Waals surface area contributed by atoms with Gasteiger partial charge in [0.05, 0.1) is 12.4 Å². The molecular formula is C20H26N2O4S. The number of likely N-dealkylation sites (tertiary alicyclic amines) is 1. The number of benzene rings is 1. The van der Waals surface area contributed by atoms with Gasteiger partial charge in [0, 0.05) is 42.0 Å². The second-order valence-electron chi connectivity index (χ2n) is 7.59. The molecule has 3 atom stereocenters. The molecule has 7 heteroatoms. The molecule has 27 heavy (non-hydrogen) atoms. The molecule has 1 aliphatic heterocycles. The summed E-state index contributed by atoms with van der Waals surface area (Å²) in [6, 6.07) is 6.33. The largest absolute Gasteiger partial charge is 0.361 e. The average Bonchev–Trinajstić information content (AvgIpc) is 3.05. The quantitative estimate of drug-likeness (QED) is 0.796. The van der Waals surface area contributed by atoms with Gasteiger partial charge < -0.3 is 9.88 Å². The third-order valence-corrected chi connectivity index (χ3v) is 7.39. The Labute approximate surface area is 160 Å². The minimum absolute atomic E-state index is 0.0342. The molecular weight excluding hydrogens is 364 g/mol. The van der Waals surface area contributed by atoms with Gasteiger partial charge in [-0.05, 0) is 42.9 Å². The Bertz CT molecular complexity index is 966. The number of nitrogens with zero attached hydrogens (tertiary/aromatic N) is 1. The van der Waals surface area contributed by atoms with Gasteiger partial charge in [-0.3, -0.25) is 8.98 Å². The van der Waals surface area contributed by atoms with Crippen LogP contribution in [0.2, 0.25) is 0 Å². The summed E-state index contributed by atoms with van der Waals surface area (Å²) in [7, 11) is -3.57. The van der Waals surface area contributed by atoms with Gasteiger partial charge in [-0.1, -0.05) is 19.1 Å². The number of carbonyl (C=O) groups is 1. The van der Waals surface area contributed by atoms with Crippen molar-refractivity contribution in [3.8, 4) is 0 Å². The molecule has 2 aliphatic rings. The molecule has 2 aromatic rings. The first-order chi connectivity index (χ1) is 12.9. The van der Waals surface area contributed by atoms with Crippen molar-refractivity contribution in [1.82, 2.24) is 9.88 Å². The molecule has 0 saturated carbocycles. The molecule has 4 rings (SSSR count). The van der Waals surface area contributed by atoms with E-state index in [9.17, 15) is 13.2 Å². The van der Waals surface area contributed by atoms with Gasteiger partial charge in [0.2, 0.25) is 5.91 Å². The van der Waals surface area contributed by atoms with E-state index in [-0.39, 0.29) is 36.1 Å². The van der Waals surface area contributed by atoms with E-state index in [2.05, 4.69) is 17.1 Å². The maximum atomic E-state index is 12.7. The number of carbonyl (C=O) groups excluding carboxylic acids is 1. The van der Waals surface area contributed by atoms with Crippen LogP contribution >= 0.6 is 0 Å². The topological polar surface area (TPSA) is 79.5 Å². The molecule has 0 radical (unpaired) electrons. The van der Waals surface area contributed by atoms with E-state index in [1.807, 2.05) is 24.1 Å². The number of piperidine rings is 1. The van der Waals surface area contributed by atoms with Gasteiger partial charge in [0.15, 0.2) is 0 Å². The normalized spacial score (nSPS) is 24.8. The summed E-state index contributed by atoms with van der Waals surface area (Å²) in [6.07, 6.45) is 4.05. The first-order valence-corrected chi connectivity index (χ1v) is 11.3. The summed E-state index contributed by atoms with van der Waals surface area (Å²) < 4.78 is 29.4. The Hall–Kier alpha value is -1.86. The van der Waals surface area contributed by atoms with Gasteiger partial charge in [0.25, 0.3) is 10.1 Å². The van der Waals surface area contributed by atoms with E-state index >= 15 is 0 Å². The van der Waals surface area contributed by atoms with Crippen molar-refractivity contribution in [2.75, 3.05) is 18.9 Å². The number of aromatic amines is 1. The summed E-state index contributed by atoms with van der Waals surface area (Å²) in [5.41, 5.74) is 3.59. The second kappa shape index (κ2) is 6.95. The highest BCUT2D eigenvalue weighted by Gasteiger charge is 2.43. The number of nitrogens with one attached hydrogen (secondary N) is 1. The molecule has 1 aromatic carbocycles. The van der Waals surface area contributed by atoms with Crippen molar-refractivity contribution >= 4 is 26.9 Å². The highest BCUT2D eigenvalue weighted by molar-refractivity contribution is 7.86. The van der Waals surface area contributed by atoms with Crippen molar-refractivity contribution in [2.45, 2.75) is 45.1 Å². The zero-order valence-electron chi connectivity index (χ0n) is 15.8. The summed E-state index contributed by atoms with van der Waals surface area (Å²) >= 11 is 0. The predicted molar refractivity (Wildman–Crippen MR) is 104 cm³/mol. The van der Waals surface area contributed by atoms with Crippen molar-refractivity contribution in [1.29, 1.82) is 0 Å². The van der Waals surface area contributed by atoms with Crippen LogP contribution in [-0.2, 0) is 25.5 Å². The van der Waals surface area contributed by atoms with Crippen LogP contribution < -0.4 is 0 Å². The molecule has 146 valence electrons. The summed E-state index contributed by atoms with van der Waals surface area (Å²) in [4.78, 5) is 17.9. The molecule has 0 bridgehead atoms. The van der Waals surface area contributed by atoms with Crippen LogP contribution in [0.15, 0.2) is 24.4 Å². The number of rotatable bonds is 5. The van der Waals surface area contributed by atoms with Crippen molar-refractivity contribution in [3.63, 3.8) is 0 Å². The summed E-state index contributed by atoms with van der Waals surface area (Å²) in [5.74, 6) is 0.0971. The molecule has 1 saturated heterocycles. The van der Waals surface area contributed by atoms with E-state index in [1.54, 1.807) is 6.92 Å². The third kappa shape index (κ3) is 3.27. The van der Waals surface area contributed by atoms with Gasteiger partial charge in [0.1, 0.15) is 0 Å². The van der Waals surface area contributed by atoms with Crippen LogP contribution in [0.25, 0.3) is 10.9 Å². The highest BCUT2D eigenvalue weighted by atomic mass is 32.2. The zero-order valence-corrected chi connectivity index (χ0v) is 16.6. The Kier molecular flexibility index (Phi) is 4.76. The first-order valence-electron chi connectivity index (χ1n) is 9.69. The van der Waals surface area contributed by atoms with Crippen LogP contribution in [-0.4, -0.2) is 49.2 Å². The van der Waals surface area contributed by atoms with Crippen LogP contribution in [0.1, 0.15) is 43.7 Å². The van der Waals surface area contributed by atoms with Gasteiger partial charge in [-0.2, -0.15) is 8.42 Å². The number of aromatic nitrogens is 1. The fourth-order valence-corrected chi connectivity index (χ4v) is 6.19. The van der Waals surface area contributed by atoms with Crippen molar-refractivity contribution < 1.29 is 17.4 Å². The Morgan fingerprint density at radius 1 is 1.33 bits per heavy atom. The summed E-state index contributed by atoms with van der Waals surface area (Å²) in [5, 5.41) is 1.25. The lowest BCUT2D eigenvalue weighted by Crippen LogP contribution is -2.53. The van der Waals surface area contributed by atoms with Crippen LogP contribution in [0, 0.1) is 5.92 Å². The smallest absolute Gasteiger partial charge is 0.267 e. The molecule has 1 amide bonds. The maximum absolute atomic E-state index is 12.7. The van der Waals surface area contributed by atoms with Gasteiger partial charge in [-0.15, -0.1) is 0 Å². The standard InChI is InChI=1S/C20H26N2O4S/c1-3-19(23)22-11-13(12-27(24,25)26-4-2)8-16-15-6-5-7-17-20(15)14(10-21-17)9-18(16)22/h5-7,10,13,16,18,21H,3-4,8-9,11-12H2,1-2H3/t13-,16?,18?/m1/s1. The zero-order chi connectivity index (χ0) is 19.2. The van der Waals surface area contributed by atoms with E-state index in [4.69, 9.17) is 4.18 Å². The van der Waals surface area contributed by atoms with Crippen LogP contribution in [0.4, 0.5) is 0 Å². The second-order valence-corrected chi connectivity index (χ2v) is 9.28. The Morgan fingerprint density at radius 3 is 2.89 bits per heavy atom. The average molecular weight is 391 g/mol. The van der Waals surface area contributed by atoms with Crippen LogP contribution in [0.3, 0.4) is 0 Å². The monoisotopic (exact) mass is 390 g/mol. The van der Waals surface area contributed by atoms with Gasteiger partial charge >= 0.3 is 0 Å². The minimum atomic E-state index is -3.57. The summed E-state index contributed by atoms with van der Waals surface area (Å²) in [6.45, 7) is 4.17. The SMILES string of the molecule is CCOS(=O)(=O)C[C@@H]1CC2c3cccc4[nH]cc(c34)CC2N(C(=O)CC)C1. The fraction of sp³-hybridized carbons (Fsp3) is 0.550. The molecule has 1 aliphatic carbocycles. The Balaban J connectivity index is 1.72. The van der Waals surface area contributed by atoms with Gasteiger partial charge in [-0.25, -0.2) is 0 Å². The number of amides is 1. The number of H-pyrrole nitrogens is 1. The lowest BCUT2D eigenvalue weighted by atomic mass is 9.72. The molecule has 1 N–H and O–H groups in total. The van der Waals surface area contributed by atoms with E-state index in [0.29, 0.717) is 13.0 Å². The Morgan fingerprint density at radius 2 is 2.15 bits per heavy atom. The van der Waals surface area contributed by atoms with E-state index in [1.165, 1.54) is 16.5 Å².